The minimum atomic E-state index is -4.18. The smallest absolute Gasteiger partial charge is 0.401 e. The first kappa shape index (κ1) is 27.3. The summed E-state index contributed by atoms with van der Waals surface area (Å²) in [5, 5.41) is 0. The van der Waals surface area contributed by atoms with Crippen LogP contribution in [0, 0.1) is 5.92 Å². The van der Waals surface area contributed by atoms with E-state index in [1.165, 1.54) is 17.7 Å². The Kier molecular flexibility index (Phi) is 9.31. The predicted octanol–water partition coefficient (Wildman–Crippen LogP) is 4.34. The van der Waals surface area contributed by atoms with Crippen molar-refractivity contribution < 1.29 is 22.6 Å². The third-order valence-electron chi connectivity index (χ3n) is 6.99. The van der Waals surface area contributed by atoms with Crippen LogP contribution in [0.2, 0.25) is 0 Å². The fourth-order valence-electron chi connectivity index (χ4n) is 5.06. The van der Waals surface area contributed by atoms with Crippen molar-refractivity contribution in [3.8, 4) is 11.5 Å². The van der Waals surface area contributed by atoms with Gasteiger partial charge in [0.2, 0.25) is 5.95 Å². The summed E-state index contributed by atoms with van der Waals surface area (Å²) in [6.45, 7) is 4.41. The molecular formula is C26H37F3N6O2. The first-order chi connectivity index (χ1) is 17.8. The predicted molar refractivity (Wildman–Crippen MR) is 137 cm³/mol. The summed E-state index contributed by atoms with van der Waals surface area (Å²) in [5.41, 5.74) is 6.77. The van der Waals surface area contributed by atoms with Gasteiger partial charge in [-0.25, -0.2) is 4.98 Å². The highest BCUT2D eigenvalue weighted by atomic mass is 19.4. The number of methoxy groups -OCH3 is 1. The number of aromatic nitrogens is 2. The van der Waals surface area contributed by atoms with Gasteiger partial charge in [0.1, 0.15) is 5.82 Å². The first-order valence-corrected chi connectivity index (χ1v) is 13.0. The quantitative estimate of drug-likeness (QED) is 0.437. The molecule has 0 atom stereocenters. The fraction of sp³-hybridized carbons (Fsp3) is 0.615. The SMILES string of the molecule is COc1ccc(N(CC2CCN(CC(F)(F)F)CC2)c2nccc(N)n2)cc1OCCCN1CCCC1. The van der Waals surface area contributed by atoms with E-state index in [0.717, 1.165) is 31.7 Å². The Morgan fingerprint density at radius 3 is 2.49 bits per heavy atom. The lowest BCUT2D eigenvalue weighted by molar-refractivity contribution is -0.148. The van der Waals surface area contributed by atoms with Gasteiger partial charge in [0.25, 0.3) is 0 Å². The van der Waals surface area contributed by atoms with Gasteiger partial charge in [0.05, 0.1) is 20.3 Å². The van der Waals surface area contributed by atoms with Crippen molar-refractivity contribution in [2.45, 2.75) is 38.3 Å². The summed E-state index contributed by atoms with van der Waals surface area (Å²) in [7, 11) is 1.61. The zero-order chi connectivity index (χ0) is 26.3. The second kappa shape index (κ2) is 12.6. The van der Waals surface area contributed by atoms with Crippen LogP contribution in [0.15, 0.2) is 30.5 Å². The number of hydrogen-bond donors (Lipinski definition) is 1. The number of anilines is 3. The molecule has 2 saturated heterocycles. The summed E-state index contributed by atoms with van der Waals surface area (Å²) in [5.74, 6) is 2.25. The van der Waals surface area contributed by atoms with E-state index in [4.69, 9.17) is 15.2 Å². The Morgan fingerprint density at radius 1 is 1.05 bits per heavy atom. The van der Waals surface area contributed by atoms with Crippen molar-refractivity contribution in [1.82, 2.24) is 19.8 Å². The molecule has 204 valence electrons. The summed E-state index contributed by atoms with van der Waals surface area (Å²) in [6, 6.07) is 7.32. The third-order valence-corrected chi connectivity index (χ3v) is 6.99. The maximum absolute atomic E-state index is 12.8. The van der Waals surface area contributed by atoms with Crippen LogP contribution >= 0.6 is 0 Å². The zero-order valence-corrected chi connectivity index (χ0v) is 21.4. The Hall–Kier alpha value is -2.79. The van der Waals surface area contributed by atoms with Gasteiger partial charge in [0.15, 0.2) is 11.5 Å². The highest BCUT2D eigenvalue weighted by Crippen LogP contribution is 2.35. The first-order valence-electron chi connectivity index (χ1n) is 13.0. The van der Waals surface area contributed by atoms with Crippen LogP contribution in [0.1, 0.15) is 32.1 Å². The molecule has 37 heavy (non-hydrogen) atoms. The van der Waals surface area contributed by atoms with E-state index in [1.54, 1.807) is 19.4 Å². The van der Waals surface area contributed by atoms with Crippen molar-refractivity contribution >= 4 is 17.5 Å². The van der Waals surface area contributed by atoms with Crippen LogP contribution in [0.3, 0.4) is 0 Å². The number of benzene rings is 1. The summed E-state index contributed by atoms with van der Waals surface area (Å²) < 4.78 is 50.1. The molecule has 0 spiro atoms. The lowest BCUT2D eigenvalue weighted by Crippen LogP contribution is -2.42. The van der Waals surface area contributed by atoms with E-state index in [2.05, 4.69) is 14.9 Å². The lowest BCUT2D eigenvalue weighted by Gasteiger charge is -2.35. The number of nitrogens with zero attached hydrogens (tertiary/aromatic N) is 5. The molecule has 2 N–H and O–H groups in total. The number of alkyl halides is 3. The topological polar surface area (TPSA) is 80.0 Å². The van der Waals surface area contributed by atoms with Crippen LogP contribution < -0.4 is 20.1 Å². The minimum Gasteiger partial charge on any atom is -0.493 e. The largest absolute Gasteiger partial charge is 0.493 e. The molecule has 2 aliphatic rings. The summed E-state index contributed by atoms with van der Waals surface area (Å²) >= 11 is 0. The number of piperidine rings is 1. The summed E-state index contributed by atoms with van der Waals surface area (Å²) in [4.78, 5) is 14.8. The molecule has 0 saturated carbocycles. The van der Waals surface area contributed by atoms with E-state index in [0.29, 0.717) is 62.3 Å². The van der Waals surface area contributed by atoms with Crippen LogP contribution in [0.4, 0.5) is 30.6 Å². The summed E-state index contributed by atoms with van der Waals surface area (Å²) in [6.07, 6.45) is 2.19. The lowest BCUT2D eigenvalue weighted by atomic mass is 9.96. The Labute approximate surface area is 216 Å². The Morgan fingerprint density at radius 2 is 1.81 bits per heavy atom. The molecule has 1 aromatic heterocycles. The molecule has 8 nitrogen and oxygen atoms in total. The van der Waals surface area contributed by atoms with Crippen molar-refractivity contribution in [2.75, 3.05) is 70.2 Å². The average Bonchev–Trinajstić information content (AvgIpc) is 3.39. The van der Waals surface area contributed by atoms with Crippen molar-refractivity contribution in [3.63, 3.8) is 0 Å². The van der Waals surface area contributed by atoms with Gasteiger partial charge in [-0.1, -0.05) is 0 Å². The van der Waals surface area contributed by atoms with Gasteiger partial charge < -0.3 is 25.0 Å². The van der Waals surface area contributed by atoms with Gasteiger partial charge in [-0.15, -0.1) is 0 Å². The number of hydrogen-bond acceptors (Lipinski definition) is 8. The normalized spacial score (nSPS) is 17.7. The maximum atomic E-state index is 12.8. The van der Waals surface area contributed by atoms with Crippen molar-refractivity contribution in [2.24, 2.45) is 5.92 Å². The van der Waals surface area contributed by atoms with Gasteiger partial charge >= 0.3 is 6.18 Å². The second-order valence-corrected chi connectivity index (χ2v) is 9.81. The molecule has 0 unspecified atom stereocenters. The monoisotopic (exact) mass is 522 g/mol. The fourth-order valence-corrected chi connectivity index (χ4v) is 5.06. The molecule has 0 amide bonds. The van der Waals surface area contributed by atoms with Gasteiger partial charge in [-0.05, 0) is 82.4 Å². The van der Waals surface area contributed by atoms with Crippen LogP contribution in [-0.2, 0) is 0 Å². The average molecular weight is 523 g/mol. The van der Waals surface area contributed by atoms with Crippen molar-refractivity contribution in [1.29, 1.82) is 0 Å². The molecule has 2 aliphatic heterocycles. The van der Waals surface area contributed by atoms with E-state index in [-0.39, 0.29) is 5.92 Å². The molecule has 2 aromatic rings. The molecule has 3 heterocycles. The molecule has 0 aliphatic carbocycles. The molecule has 0 radical (unpaired) electrons. The molecule has 0 bridgehead atoms. The van der Waals surface area contributed by atoms with Crippen LogP contribution in [-0.4, -0.2) is 85.5 Å². The number of nitrogens with two attached hydrogens (primary N) is 1. The van der Waals surface area contributed by atoms with E-state index >= 15 is 0 Å². The minimum absolute atomic E-state index is 0.182. The second-order valence-electron chi connectivity index (χ2n) is 9.81. The molecule has 2 fully saturated rings. The Balaban J connectivity index is 1.46. The third kappa shape index (κ3) is 8.10. The number of rotatable bonds is 11. The highest BCUT2D eigenvalue weighted by Gasteiger charge is 2.33. The van der Waals surface area contributed by atoms with Gasteiger partial charge in [-0.3, -0.25) is 4.90 Å². The zero-order valence-electron chi connectivity index (χ0n) is 21.4. The standard InChI is InChI=1S/C26H37F3N6O2/c1-36-22-6-5-21(17-23(22)37-16-4-13-33-11-2-3-12-33)35(25-31-10-7-24(30)32-25)18-20-8-14-34(15-9-20)19-26(27,28)29/h5-7,10,17,20H,2-4,8-9,11-16,18-19H2,1H3,(H2,30,31,32). The van der Waals surface area contributed by atoms with Gasteiger partial charge in [-0.2, -0.15) is 18.2 Å². The maximum Gasteiger partial charge on any atom is 0.401 e. The molecular weight excluding hydrogens is 485 g/mol. The Bertz CT molecular complexity index is 995. The van der Waals surface area contributed by atoms with E-state index in [9.17, 15) is 13.2 Å². The van der Waals surface area contributed by atoms with E-state index in [1.807, 2.05) is 23.1 Å². The van der Waals surface area contributed by atoms with Gasteiger partial charge in [0, 0.05) is 31.0 Å². The molecule has 11 heteroatoms. The van der Waals surface area contributed by atoms with Crippen LogP contribution in [0.5, 0.6) is 11.5 Å². The molecule has 1 aromatic carbocycles. The highest BCUT2D eigenvalue weighted by molar-refractivity contribution is 5.63. The van der Waals surface area contributed by atoms with Crippen molar-refractivity contribution in [3.05, 3.63) is 30.5 Å². The number of ether oxygens (including phenoxy) is 2. The number of nitrogen functional groups attached to an aromatic ring is 1. The van der Waals surface area contributed by atoms with E-state index < -0.39 is 12.7 Å². The number of halogens is 3. The molecule has 4 rings (SSSR count). The number of likely N-dealkylation sites (tertiary alicyclic amines) is 2. The van der Waals surface area contributed by atoms with Crippen LogP contribution in [0.25, 0.3) is 0 Å².